The number of alkyl halides is 3. The molecule has 0 unspecified atom stereocenters. The van der Waals surface area contributed by atoms with Gasteiger partial charge in [-0.25, -0.2) is 0 Å². The van der Waals surface area contributed by atoms with Gasteiger partial charge in [0, 0.05) is 43.3 Å². The lowest BCUT2D eigenvalue weighted by Gasteiger charge is -2.27. The second-order valence-corrected chi connectivity index (χ2v) is 4.27. The number of hydrogen-bond donors (Lipinski definition) is 0. The Morgan fingerprint density at radius 2 is 2.17 bits per heavy atom. The lowest BCUT2D eigenvalue weighted by Crippen LogP contribution is -2.36. The fourth-order valence-electron chi connectivity index (χ4n) is 2.09. The van der Waals surface area contributed by atoms with Gasteiger partial charge in [-0.2, -0.15) is 18.3 Å². The maximum Gasteiger partial charge on any atom is 0.408 e. The van der Waals surface area contributed by atoms with Gasteiger partial charge in [-0.05, 0) is 0 Å². The summed E-state index contributed by atoms with van der Waals surface area (Å²) in [6.45, 7) is 0.896. The second kappa shape index (κ2) is 4.33. The van der Waals surface area contributed by atoms with Gasteiger partial charge in [0.25, 0.3) is 0 Å². The zero-order valence-electron chi connectivity index (χ0n) is 9.79. The first-order valence-corrected chi connectivity index (χ1v) is 5.44. The topological polar surface area (TPSA) is 38.1 Å². The molecule has 2 heterocycles. The highest BCUT2D eigenvalue weighted by Gasteiger charge is 2.32. The summed E-state index contributed by atoms with van der Waals surface area (Å²) < 4.78 is 38.0. The van der Waals surface area contributed by atoms with Crippen molar-refractivity contribution in [2.75, 3.05) is 6.54 Å². The smallest absolute Gasteiger partial charge is 0.338 e. The minimum atomic E-state index is -4.33. The van der Waals surface area contributed by atoms with Crippen LogP contribution in [0.1, 0.15) is 18.2 Å². The molecule has 1 aliphatic rings. The maximum atomic E-state index is 12.4. The van der Waals surface area contributed by atoms with Crippen molar-refractivity contribution in [2.45, 2.75) is 32.6 Å². The first kappa shape index (κ1) is 13.0. The van der Waals surface area contributed by atoms with Crippen LogP contribution < -0.4 is 5.59 Å². The normalized spacial score (nSPS) is 15.7. The second-order valence-electron chi connectivity index (χ2n) is 4.27. The monoisotopic (exact) mass is 257 g/mol. The third kappa shape index (κ3) is 2.52. The Balaban J connectivity index is 2.29. The molecule has 0 bridgehead atoms. The molecule has 0 aromatic carbocycles. The molecule has 2 radical (unpaired) electrons. The molecular weight excluding hydrogens is 246 g/mol. The van der Waals surface area contributed by atoms with Gasteiger partial charge in [-0.15, -0.1) is 0 Å². The molecule has 2 rings (SSSR count). The molecule has 1 aromatic heterocycles. The summed E-state index contributed by atoms with van der Waals surface area (Å²) in [4.78, 5) is 12.8. The number of carbonyl (C=O) groups is 1. The summed E-state index contributed by atoms with van der Waals surface area (Å²) in [5.74, 6) is -0.122. The van der Waals surface area contributed by atoms with E-state index in [-0.39, 0.29) is 18.0 Å². The number of carbonyl (C=O) groups excluding carboxylic acids is 1. The van der Waals surface area contributed by atoms with E-state index in [1.54, 1.807) is 0 Å². The number of rotatable bonds is 1. The van der Waals surface area contributed by atoms with E-state index in [1.165, 1.54) is 11.8 Å². The fourth-order valence-corrected chi connectivity index (χ4v) is 2.09. The van der Waals surface area contributed by atoms with Crippen LogP contribution in [0.15, 0.2) is 0 Å². The highest BCUT2D eigenvalue weighted by atomic mass is 19.4. The third-order valence-corrected chi connectivity index (χ3v) is 2.94. The van der Waals surface area contributed by atoms with Crippen molar-refractivity contribution in [3.63, 3.8) is 0 Å². The molecule has 0 fully saturated rings. The Morgan fingerprint density at radius 3 is 2.72 bits per heavy atom. The molecule has 0 saturated carbocycles. The summed E-state index contributed by atoms with van der Waals surface area (Å²) >= 11 is 0. The SMILES string of the molecule is [B]c1nn(CC(F)(F)F)c2c1CN(C(C)=O)CC2. The predicted octanol–water partition coefficient (Wildman–Crippen LogP) is 0.144. The van der Waals surface area contributed by atoms with Crippen LogP contribution in [-0.2, 0) is 24.3 Å². The Hall–Kier alpha value is -1.47. The van der Waals surface area contributed by atoms with Crippen molar-refractivity contribution < 1.29 is 18.0 Å². The summed E-state index contributed by atoms with van der Waals surface area (Å²) in [6.07, 6.45) is -3.99. The van der Waals surface area contributed by atoms with Crippen LogP contribution in [0.3, 0.4) is 0 Å². The molecule has 0 spiro atoms. The average Bonchev–Trinajstić information content (AvgIpc) is 2.53. The Labute approximate surface area is 103 Å². The summed E-state index contributed by atoms with van der Waals surface area (Å²) in [7, 11) is 5.61. The Kier molecular flexibility index (Phi) is 3.12. The zero-order valence-corrected chi connectivity index (χ0v) is 9.79. The molecule has 1 amide bonds. The predicted molar refractivity (Wildman–Crippen MR) is 58.5 cm³/mol. The molecule has 0 atom stereocenters. The van der Waals surface area contributed by atoms with E-state index in [0.29, 0.717) is 24.2 Å². The van der Waals surface area contributed by atoms with Crippen molar-refractivity contribution in [1.29, 1.82) is 0 Å². The highest BCUT2D eigenvalue weighted by molar-refractivity contribution is 6.31. The minimum Gasteiger partial charge on any atom is -0.338 e. The van der Waals surface area contributed by atoms with Crippen LogP contribution in [0.5, 0.6) is 0 Å². The van der Waals surface area contributed by atoms with Crippen LogP contribution in [0.4, 0.5) is 13.2 Å². The average molecular weight is 257 g/mol. The fraction of sp³-hybridized carbons (Fsp3) is 0.600. The number of hydrogen-bond acceptors (Lipinski definition) is 2. The van der Waals surface area contributed by atoms with Gasteiger partial charge in [0.05, 0.1) is 0 Å². The molecule has 0 aliphatic carbocycles. The Bertz CT molecular complexity index is 483. The van der Waals surface area contributed by atoms with Gasteiger partial charge in [0.1, 0.15) is 14.4 Å². The van der Waals surface area contributed by atoms with Crippen molar-refractivity contribution in [1.82, 2.24) is 14.7 Å². The molecule has 18 heavy (non-hydrogen) atoms. The van der Waals surface area contributed by atoms with E-state index >= 15 is 0 Å². The van der Waals surface area contributed by atoms with Crippen molar-refractivity contribution in [3.8, 4) is 0 Å². The first-order valence-electron chi connectivity index (χ1n) is 5.44. The zero-order chi connectivity index (χ0) is 13.5. The molecular formula is C10H11BF3N3O. The number of amides is 1. The van der Waals surface area contributed by atoms with E-state index in [4.69, 9.17) is 7.85 Å². The van der Waals surface area contributed by atoms with Crippen LogP contribution in [0.2, 0.25) is 0 Å². The summed E-state index contributed by atoms with van der Waals surface area (Å²) in [6, 6.07) is 0. The van der Waals surface area contributed by atoms with E-state index in [9.17, 15) is 18.0 Å². The molecule has 1 aliphatic heterocycles. The van der Waals surface area contributed by atoms with Crippen LogP contribution in [0, 0.1) is 0 Å². The van der Waals surface area contributed by atoms with Crippen molar-refractivity contribution >= 4 is 19.3 Å². The van der Waals surface area contributed by atoms with E-state index in [0.717, 1.165) is 4.68 Å². The molecule has 96 valence electrons. The molecule has 4 nitrogen and oxygen atoms in total. The number of aromatic nitrogens is 2. The molecule has 0 saturated heterocycles. The minimum absolute atomic E-state index is 0.0696. The molecule has 1 aromatic rings. The summed E-state index contributed by atoms with van der Waals surface area (Å²) in [5, 5.41) is 3.71. The van der Waals surface area contributed by atoms with Crippen LogP contribution >= 0.6 is 0 Å². The standard InChI is InChI=1S/C10H11BF3N3O/c1-6(18)16-3-2-8-7(4-16)9(11)15-17(8)5-10(12,13)14/h2-5H2,1H3. The quantitative estimate of drug-likeness (QED) is 0.671. The highest BCUT2D eigenvalue weighted by Crippen LogP contribution is 2.22. The Morgan fingerprint density at radius 1 is 1.50 bits per heavy atom. The number of halogens is 3. The lowest BCUT2D eigenvalue weighted by atomic mass is 9.94. The van der Waals surface area contributed by atoms with Crippen LogP contribution in [0.25, 0.3) is 0 Å². The van der Waals surface area contributed by atoms with Gasteiger partial charge in [0.2, 0.25) is 5.91 Å². The van der Waals surface area contributed by atoms with Crippen LogP contribution in [-0.4, -0.2) is 41.2 Å². The lowest BCUT2D eigenvalue weighted by molar-refractivity contribution is -0.143. The van der Waals surface area contributed by atoms with E-state index in [1.807, 2.05) is 0 Å². The summed E-state index contributed by atoms with van der Waals surface area (Å²) in [5.41, 5.74) is 1.07. The van der Waals surface area contributed by atoms with Gasteiger partial charge < -0.3 is 4.90 Å². The largest absolute Gasteiger partial charge is 0.408 e. The van der Waals surface area contributed by atoms with Gasteiger partial charge in [0.15, 0.2) is 0 Å². The van der Waals surface area contributed by atoms with Crippen molar-refractivity contribution in [2.24, 2.45) is 0 Å². The van der Waals surface area contributed by atoms with Crippen molar-refractivity contribution in [3.05, 3.63) is 11.3 Å². The van der Waals surface area contributed by atoms with Gasteiger partial charge in [-0.1, -0.05) is 0 Å². The van der Waals surface area contributed by atoms with Gasteiger partial charge >= 0.3 is 6.18 Å². The first-order chi connectivity index (χ1) is 8.28. The van der Waals surface area contributed by atoms with E-state index < -0.39 is 12.7 Å². The molecule has 0 N–H and O–H groups in total. The number of fused-ring (bicyclic) bond motifs is 1. The third-order valence-electron chi connectivity index (χ3n) is 2.94. The number of nitrogens with zero attached hydrogens (tertiary/aromatic N) is 3. The van der Waals surface area contributed by atoms with E-state index in [2.05, 4.69) is 5.10 Å². The molecule has 8 heteroatoms. The maximum absolute atomic E-state index is 12.4. The van der Waals surface area contributed by atoms with Gasteiger partial charge in [-0.3, -0.25) is 9.48 Å².